The molecule has 0 aliphatic carbocycles. The average molecular weight is 215 g/mol. The first kappa shape index (κ1) is 14.2. The standard InChI is InChI=1S/C13H17N3/c1-10(2)6-13(8-15,9-16)11(7-14)12(3,4)5/h11H,1,6H2,2-5H3. The first-order valence-electron chi connectivity index (χ1n) is 5.10. The van der Waals surface area contributed by atoms with E-state index < -0.39 is 16.7 Å². The molecule has 0 fully saturated rings. The molecule has 3 nitrogen and oxygen atoms in total. The van der Waals surface area contributed by atoms with Gasteiger partial charge in [0.15, 0.2) is 5.41 Å². The van der Waals surface area contributed by atoms with Crippen LogP contribution in [0.1, 0.15) is 34.1 Å². The van der Waals surface area contributed by atoms with Gasteiger partial charge in [-0.15, -0.1) is 6.58 Å². The van der Waals surface area contributed by atoms with E-state index in [-0.39, 0.29) is 6.42 Å². The summed E-state index contributed by atoms with van der Waals surface area (Å²) in [6.45, 7) is 11.1. The molecule has 1 unspecified atom stereocenters. The van der Waals surface area contributed by atoms with Crippen LogP contribution in [0.2, 0.25) is 0 Å². The molecular weight excluding hydrogens is 198 g/mol. The van der Waals surface area contributed by atoms with E-state index in [0.29, 0.717) is 0 Å². The number of hydrogen-bond acceptors (Lipinski definition) is 3. The van der Waals surface area contributed by atoms with E-state index >= 15 is 0 Å². The van der Waals surface area contributed by atoms with Crippen molar-refractivity contribution in [2.45, 2.75) is 34.1 Å². The minimum atomic E-state index is -1.29. The topological polar surface area (TPSA) is 71.4 Å². The Hall–Kier alpha value is -1.79. The molecule has 0 N–H and O–H groups in total. The van der Waals surface area contributed by atoms with Crippen LogP contribution in [-0.2, 0) is 0 Å². The SMILES string of the molecule is C=C(C)CC(C#N)(C#N)C(C#N)C(C)(C)C. The molecule has 0 spiro atoms. The van der Waals surface area contributed by atoms with Gasteiger partial charge in [-0.05, 0) is 12.3 Å². The van der Waals surface area contributed by atoms with Crippen molar-refractivity contribution < 1.29 is 0 Å². The van der Waals surface area contributed by atoms with Crippen LogP contribution in [-0.4, -0.2) is 0 Å². The lowest BCUT2D eigenvalue weighted by molar-refractivity contribution is 0.200. The zero-order valence-corrected chi connectivity index (χ0v) is 10.3. The van der Waals surface area contributed by atoms with E-state index in [2.05, 4.69) is 12.6 Å². The summed E-state index contributed by atoms with van der Waals surface area (Å²) in [5.41, 5.74) is -0.957. The van der Waals surface area contributed by atoms with Crippen molar-refractivity contribution >= 4 is 0 Å². The van der Waals surface area contributed by atoms with Gasteiger partial charge in [0, 0.05) is 6.42 Å². The second kappa shape index (κ2) is 4.82. The second-order valence-electron chi connectivity index (χ2n) is 5.26. The highest BCUT2D eigenvalue weighted by Gasteiger charge is 2.46. The fourth-order valence-corrected chi connectivity index (χ4v) is 1.85. The maximum atomic E-state index is 9.23. The van der Waals surface area contributed by atoms with E-state index in [0.717, 1.165) is 5.57 Å². The van der Waals surface area contributed by atoms with Crippen molar-refractivity contribution in [2.75, 3.05) is 0 Å². The molecule has 0 bridgehead atoms. The van der Waals surface area contributed by atoms with Crippen molar-refractivity contribution in [1.29, 1.82) is 15.8 Å². The summed E-state index contributed by atoms with van der Waals surface area (Å²) in [6.07, 6.45) is 0.246. The van der Waals surface area contributed by atoms with Crippen molar-refractivity contribution in [3.05, 3.63) is 12.2 Å². The number of hydrogen-bond donors (Lipinski definition) is 0. The van der Waals surface area contributed by atoms with E-state index in [9.17, 15) is 15.8 Å². The van der Waals surface area contributed by atoms with Crippen molar-refractivity contribution in [3.8, 4) is 18.2 Å². The lowest BCUT2D eigenvalue weighted by Crippen LogP contribution is -2.36. The summed E-state index contributed by atoms with van der Waals surface area (Å²) in [6, 6.07) is 6.12. The Bertz CT molecular complexity index is 379. The first-order valence-corrected chi connectivity index (χ1v) is 5.10. The zero-order chi connectivity index (χ0) is 13.0. The maximum absolute atomic E-state index is 9.23. The van der Waals surface area contributed by atoms with Gasteiger partial charge in [0.2, 0.25) is 0 Å². The average Bonchev–Trinajstić information content (AvgIpc) is 2.14. The Morgan fingerprint density at radius 3 is 1.81 bits per heavy atom. The summed E-state index contributed by atoms with van der Waals surface area (Å²) >= 11 is 0. The summed E-state index contributed by atoms with van der Waals surface area (Å²) in [4.78, 5) is 0. The summed E-state index contributed by atoms with van der Waals surface area (Å²) < 4.78 is 0. The first-order chi connectivity index (χ1) is 7.23. The quantitative estimate of drug-likeness (QED) is 0.679. The van der Waals surface area contributed by atoms with E-state index in [1.54, 1.807) is 6.92 Å². The van der Waals surface area contributed by atoms with Gasteiger partial charge in [-0.3, -0.25) is 0 Å². The number of rotatable bonds is 3. The van der Waals surface area contributed by atoms with Crippen LogP contribution in [0.25, 0.3) is 0 Å². The molecule has 0 rings (SSSR count). The lowest BCUT2D eigenvalue weighted by atomic mass is 9.63. The third kappa shape index (κ3) is 2.85. The molecule has 84 valence electrons. The fourth-order valence-electron chi connectivity index (χ4n) is 1.85. The summed E-state index contributed by atoms with van der Waals surface area (Å²) in [5, 5.41) is 27.6. The molecule has 0 saturated carbocycles. The highest BCUT2D eigenvalue weighted by Crippen LogP contribution is 2.43. The minimum Gasteiger partial charge on any atom is -0.198 e. The predicted octanol–water partition coefficient (Wildman–Crippen LogP) is 3.17. The Kier molecular flexibility index (Phi) is 4.28. The minimum absolute atomic E-state index is 0.246. The molecule has 0 radical (unpaired) electrons. The third-order valence-electron chi connectivity index (χ3n) is 2.47. The molecule has 1 atom stereocenters. The predicted molar refractivity (Wildman–Crippen MR) is 61.6 cm³/mol. The Morgan fingerprint density at radius 2 is 1.62 bits per heavy atom. The van der Waals surface area contributed by atoms with Crippen molar-refractivity contribution in [3.63, 3.8) is 0 Å². The van der Waals surface area contributed by atoms with Crippen molar-refractivity contribution in [2.24, 2.45) is 16.7 Å². The zero-order valence-electron chi connectivity index (χ0n) is 10.3. The van der Waals surface area contributed by atoms with E-state index in [4.69, 9.17) is 0 Å². The molecule has 3 heteroatoms. The van der Waals surface area contributed by atoms with Gasteiger partial charge < -0.3 is 0 Å². The molecule has 0 saturated heterocycles. The van der Waals surface area contributed by atoms with Gasteiger partial charge in [-0.2, -0.15) is 15.8 Å². The van der Waals surface area contributed by atoms with Crippen LogP contribution in [0.4, 0.5) is 0 Å². The third-order valence-corrected chi connectivity index (χ3v) is 2.47. The highest BCUT2D eigenvalue weighted by atomic mass is 14.5. The van der Waals surface area contributed by atoms with Gasteiger partial charge in [-0.1, -0.05) is 26.3 Å². The van der Waals surface area contributed by atoms with E-state index in [1.165, 1.54) is 0 Å². The molecule has 0 aromatic heterocycles. The van der Waals surface area contributed by atoms with Crippen LogP contribution in [0, 0.1) is 50.7 Å². The Balaban J connectivity index is 5.55. The van der Waals surface area contributed by atoms with Crippen molar-refractivity contribution in [1.82, 2.24) is 0 Å². The van der Waals surface area contributed by atoms with Gasteiger partial charge >= 0.3 is 0 Å². The number of allylic oxidation sites excluding steroid dienone is 1. The summed E-state index contributed by atoms with van der Waals surface area (Å²) in [7, 11) is 0. The molecule has 16 heavy (non-hydrogen) atoms. The number of nitriles is 3. The van der Waals surface area contributed by atoms with Crippen LogP contribution >= 0.6 is 0 Å². The van der Waals surface area contributed by atoms with Gasteiger partial charge in [0.05, 0.1) is 24.1 Å². The van der Waals surface area contributed by atoms with Crippen LogP contribution < -0.4 is 0 Å². The van der Waals surface area contributed by atoms with Gasteiger partial charge in [0.1, 0.15) is 0 Å². The van der Waals surface area contributed by atoms with Gasteiger partial charge in [0.25, 0.3) is 0 Å². The molecule has 0 aromatic rings. The van der Waals surface area contributed by atoms with E-state index in [1.807, 2.05) is 32.9 Å². The molecular formula is C13H17N3. The van der Waals surface area contributed by atoms with Crippen LogP contribution in [0.5, 0.6) is 0 Å². The maximum Gasteiger partial charge on any atom is 0.163 e. The molecule has 0 amide bonds. The number of nitrogens with zero attached hydrogens (tertiary/aromatic N) is 3. The Morgan fingerprint density at radius 1 is 1.19 bits per heavy atom. The molecule has 0 heterocycles. The van der Waals surface area contributed by atoms with Crippen LogP contribution in [0.3, 0.4) is 0 Å². The largest absolute Gasteiger partial charge is 0.198 e. The lowest BCUT2D eigenvalue weighted by Gasteiger charge is -2.33. The summed E-state index contributed by atoms with van der Waals surface area (Å²) in [5.74, 6) is -0.633. The monoisotopic (exact) mass is 215 g/mol. The molecule has 0 aliphatic rings. The highest BCUT2D eigenvalue weighted by molar-refractivity contribution is 5.26. The smallest absolute Gasteiger partial charge is 0.163 e. The second-order valence-corrected chi connectivity index (χ2v) is 5.26. The normalized spacial score (nSPS) is 13.1. The van der Waals surface area contributed by atoms with Gasteiger partial charge in [-0.25, -0.2) is 0 Å². The fraction of sp³-hybridized carbons (Fsp3) is 0.615. The molecule has 0 aromatic carbocycles. The van der Waals surface area contributed by atoms with Crippen LogP contribution in [0.15, 0.2) is 12.2 Å². The molecule has 0 aliphatic heterocycles. The Labute approximate surface area is 97.6 Å².